The van der Waals surface area contributed by atoms with Crippen molar-refractivity contribution >= 4 is 0 Å². The van der Waals surface area contributed by atoms with Crippen LogP contribution in [0.5, 0.6) is 11.5 Å². The Balaban J connectivity index is 1.82. The lowest BCUT2D eigenvalue weighted by Gasteiger charge is -2.05. The fraction of sp³-hybridized carbons (Fsp3) is 0.125. The van der Waals surface area contributed by atoms with Crippen molar-refractivity contribution in [1.29, 1.82) is 0 Å². The van der Waals surface area contributed by atoms with E-state index in [4.69, 9.17) is 9.47 Å². The van der Waals surface area contributed by atoms with E-state index >= 15 is 0 Å². The molecule has 0 aliphatic carbocycles. The minimum Gasteiger partial charge on any atom is -0.454 e. The Labute approximate surface area is 121 Å². The van der Waals surface area contributed by atoms with Crippen LogP contribution in [0.15, 0.2) is 42.6 Å². The molecule has 0 saturated heterocycles. The second-order valence-electron chi connectivity index (χ2n) is 4.89. The Morgan fingerprint density at radius 2 is 2.00 bits per heavy atom. The monoisotopic (exact) mass is 279 g/mol. The molecule has 0 radical (unpaired) electrons. The summed E-state index contributed by atoms with van der Waals surface area (Å²) in [5, 5.41) is 7.19. The van der Waals surface area contributed by atoms with Crippen molar-refractivity contribution in [2.45, 2.75) is 6.92 Å². The first-order valence-corrected chi connectivity index (χ1v) is 6.69. The number of hydrogen-bond donors (Lipinski definition) is 1. The molecule has 1 aliphatic rings. The van der Waals surface area contributed by atoms with Gasteiger partial charge < -0.3 is 9.47 Å². The number of benzene rings is 1. The molecule has 0 unspecified atom stereocenters. The van der Waals surface area contributed by atoms with Crippen LogP contribution < -0.4 is 9.47 Å². The predicted molar refractivity (Wildman–Crippen MR) is 78.1 cm³/mol. The van der Waals surface area contributed by atoms with E-state index in [1.165, 1.54) is 0 Å². The van der Waals surface area contributed by atoms with Crippen LogP contribution in [0.1, 0.15) is 5.69 Å². The van der Waals surface area contributed by atoms with Gasteiger partial charge in [-0.3, -0.25) is 10.1 Å². The van der Waals surface area contributed by atoms with Crippen LogP contribution in [0.25, 0.3) is 22.5 Å². The lowest BCUT2D eigenvalue weighted by molar-refractivity contribution is 0.174. The third-order valence-corrected chi connectivity index (χ3v) is 3.47. The van der Waals surface area contributed by atoms with Gasteiger partial charge in [0.1, 0.15) is 0 Å². The Bertz CT molecular complexity index is 811. The summed E-state index contributed by atoms with van der Waals surface area (Å²) < 4.78 is 10.8. The van der Waals surface area contributed by atoms with Gasteiger partial charge in [0.25, 0.3) is 0 Å². The van der Waals surface area contributed by atoms with E-state index in [0.717, 1.165) is 39.7 Å². The van der Waals surface area contributed by atoms with Gasteiger partial charge in [0.15, 0.2) is 11.5 Å². The number of ether oxygens (including phenoxy) is 2. The highest BCUT2D eigenvalue weighted by atomic mass is 16.7. The van der Waals surface area contributed by atoms with Crippen LogP contribution in [-0.4, -0.2) is 22.0 Å². The second kappa shape index (κ2) is 4.63. The molecule has 104 valence electrons. The molecule has 0 amide bonds. The first-order valence-electron chi connectivity index (χ1n) is 6.69. The summed E-state index contributed by atoms with van der Waals surface area (Å²) in [6.07, 6.45) is 1.80. The normalized spacial score (nSPS) is 12.6. The van der Waals surface area contributed by atoms with Crippen molar-refractivity contribution in [3.05, 3.63) is 48.3 Å². The lowest BCUT2D eigenvalue weighted by Crippen LogP contribution is -1.92. The van der Waals surface area contributed by atoms with Crippen molar-refractivity contribution in [3.63, 3.8) is 0 Å². The average molecular weight is 279 g/mol. The molecule has 2 aromatic heterocycles. The zero-order valence-electron chi connectivity index (χ0n) is 11.5. The third-order valence-electron chi connectivity index (χ3n) is 3.47. The summed E-state index contributed by atoms with van der Waals surface area (Å²) >= 11 is 0. The minimum absolute atomic E-state index is 0.274. The number of aryl methyl sites for hydroxylation is 1. The zero-order chi connectivity index (χ0) is 14.2. The Morgan fingerprint density at radius 1 is 1.10 bits per heavy atom. The number of nitrogens with zero attached hydrogens (tertiary/aromatic N) is 2. The standard InChI is InChI=1S/C16H13N3O2/c1-10-3-2-4-13(18-10)16-12(8-17-19-16)11-5-6-14-15(7-11)21-9-20-14/h2-8H,9H2,1H3,(H,17,19). The fourth-order valence-corrected chi connectivity index (χ4v) is 2.45. The number of H-pyrrole nitrogens is 1. The van der Waals surface area contributed by atoms with E-state index in [0.29, 0.717) is 0 Å². The number of nitrogens with one attached hydrogen (secondary N) is 1. The maximum atomic E-state index is 5.43. The Morgan fingerprint density at radius 3 is 2.90 bits per heavy atom. The van der Waals surface area contributed by atoms with Crippen LogP contribution in [0.4, 0.5) is 0 Å². The van der Waals surface area contributed by atoms with Gasteiger partial charge in [0.05, 0.1) is 17.6 Å². The van der Waals surface area contributed by atoms with Gasteiger partial charge in [-0.15, -0.1) is 0 Å². The third kappa shape index (κ3) is 2.03. The van der Waals surface area contributed by atoms with Crippen LogP contribution in [0.3, 0.4) is 0 Å². The summed E-state index contributed by atoms with van der Waals surface area (Å²) in [6, 6.07) is 11.8. The molecule has 3 aromatic rings. The van der Waals surface area contributed by atoms with Gasteiger partial charge in [-0.25, -0.2) is 0 Å². The maximum absolute atomic E-state index is 5.43. The van der Waals surface area contributed by atoms with Gasteiger partial charge in [-0.05, 0) is 36.8 Å². The quantitative estimate of drug-likeness (QED) is 0.782. The number of aromatic nitrogens is 3. The molecule has 0 spiro atoms. The van der Waals surface area contributed by atoms with Crippen LogP contribution in [0, 0.1) is 6.92 Å². The summed E-state index contributed by atoms with van der Waals surface area (Å²) in [4.78, 5) is 4.55. The largest absolute Gasteiger partial charge is 0.454 e. The molecule has 3 heterocycles. The molecule has 0 saturated carbocycles. The van der Waals surface area contributed by atoms with Gasteiger partial charge in [-0.2, -0.15) is 5.10 Å². The average Bonchev–Trinajstić information content (AvgIpc) is 3.15. The number of fused-ring (bicyclic) bond motifs is 1. The highest BCUT2D eigenvalue weighted by Crippen LogP contribution is 2.38. The first-order chi connectivity index (χ1) is 10.3. The van der Waals surface area contributed by atoms with E-state index in [2.05, 4.69) is 15.2 Å². The molecule has 1 aliphatic heterocycles. The van der Waals surface area contributed by atoms with E-state index in [9.17, 15) is 0 Å². The van der Waals surface area contributed by atoms with Crippen molar-refractivity contribution in [1.82, 2.24) is 15.2 Å². The predicted octanol–water partition coefficient (Wildman–Crippen LogP) is 3.18. The van der Waals surface area contributed by atoms with E-state index in [1.807, 2.05) is 43.3 Å². The van der Waals surface area contributed by atoms with E-state index < -0.39 is 0 Å². The number of aromatic amines is 1. The first kappa shape index (κ1) is 12.0. The second-order valence-corrected chi connectivity index (χ2v) is 4.89. The Hall–Kier alpha value is -2.82. The highest BCUT2D eigenvalue weighted by molar-refractivity contribution is 5.80. The minimum atomic E-state index is 0.274. The molecule has 5 nitrogen and oxygen atoms in total. The molecule has 5 heteroatoms. The summed E-state index contributed by atoms with van der Waals surface area (Å²) in [6.45, 7) is 2.25. The van der Waals surface area contributed by atoms with Gasteiger partial charge in [-0.1, -0.05) is 12.1 Å². The van der Waals surface area contributed by atoms with Crippen molar-refractivity contribution in [3.8, 4) is 34.0 Å². The number of pyridine rings is 1. The Kier molecular flexibility index (Phi) is 2.64. The van der Waals surface area contributed by atoms with Crippen LogP contribution in [-0.2, 0) is 0 Å². The van der Waals surface area contributed by atoms with E-state index in [-0.39, 0.29) is 6.79 Å². The smallest absolute Gasteiger partial charge is 0.231 e. The van der Waals surface area contributed by atoms with Crippen molar-refractivity contribution in [2.24, 2.45) is 0 Å². The van der Waals surface area contributed by atoms with Gasteiger partial charge in [0, 0.05) is 11.3 Å². The SMILES string of the molecule is Cc1cccc(-c2[nH]ncc2-c2ccc3c(c2)OCO3)n1. The summed E-state index contributed by atoms with van der Waals surface area (Å²) in [7, 11) is 0. The maximum Gasteiger partial charge on any atom is 0.231 e. The van der Waals surface area contributed by atoms with Crippen LogP contribution in [0.2, 0.25) is 0 Å². The van der Waals surface area contributed by atoms with Gasteiger partial charge in [0.2, 0.25) is 6.79 Å². The highest BCUT2D eigenvalue weighted by Gasteiger charge is 2.17. The molecular weight excluding hydrogens is 266 g/mol. The molecule has 21 heavy (non-hydrogen) atoms. The van der Waals surface area contributed by atoms with Gasteiger partial charge >= 0.3 is 0 Å². The molecule has 0 bridgehead atoms. The molecular formula is C16H13N3O2. The summed E-state index contributed by atoms with van der Waals surface area (Å²) in [5.74, 6) is 1.54. The zero-order valence-corrected chi connectivity index (χ0v) is 11.5. The van der Waals surface area contributed by atoms with E-state index in [1.54, 1.807) is 6.20 Å². The topological polar surface area (TPSA) is 60.0 Å². The molecule has 0 fully saturated rings. The molecule has 1 N–H and O–H groups in total. The fourth-order valence-electron chi connectivity index (χ4n) is 2.45. The van der Waals surface area contributed by atoms with Crippen molar-refractivity contribution < 1.29 is 9.47 Å². The molecule has 1 aromatic carbocycles. The van der Waals surface area contributed by atoms with Crippen molar-refractivity contribution in [2.75, 3.05) is 6.79 Å². The summed E-state index contributed by atoms with van der Waals surface area (Å²) in [5.41, 5.74) is 4.76. The molecule has 4 rings (SSSR count). The molecule has 0 atom stereocenters. The number of hydrogen-bond acceptors (Lipinski definition) is 4. The number of rotatable bonds is 2. The lowest BCUT2D eigenvalue weighted by atomic mass is 10.0. The van der Waals surface area contributed by atoms with Crippen LogP contribution >= 0.6 is 0 Å².